The topological polar surface area (TPSA) is 103 Å². The number of alkyl halides is 2. The van der Waals surface area contributed by atoms with Crippen LogP contribution in [-0.2, 0) is 11.3 Å². The van der Waals surface area contributed by atoms with E-state index in [9.17, 15) is 18.4 Å². The number of carbonyl (C=O) groups excluding carboxylic acids is 2. The third-order valence-corrected chi connectivity index (χ3v) is 7.33. The zero-order chi connectivity index (χ0) is 27.9. The lowest BCUT2D eigenvalue weighted by Gasteiger charge is -2.25. The molecule has 8 nitrogen and oxygen atoms in total. The zero-order valence-electron chi connectivity index (χ0n) is 22.1. The van der Waals surface area contributed by atoms with E-state index in [1.807, 2.05) is 13.0 Å². The highest BCUT2D eigenvalue weighted by atomic mass is 19.3. The molecule has 0 aliphatic heterocycles. The first-order valence-corrected chi connectivity index (χ1v) is 13.2. The van der Waals surface area contributed by atoms with Crippen LogP contribution in [0.4, 0.5) is 19.0 Å². The number of nitrogens with one attached hydrogen (secondary N) is 3. The average Bonchev–Trinajstić information content (AvgIpc) is 3.79. The summed E-state index contributed by atoms with van der Waals surface area (Å²) in [5.74, 6) is -4.22. The third kappa shape index (κ3) is 6.29. The Bertz CT molecular complexity index is 1380. The van der Waals surface area contributed by atoms with Crippen molar-refractivity contribution in [2.24, 2.45) is 17.8 Å². The number of amides is 2. The number of pyridine rings is 2. The van der Waals surface area contributed by atoms with E-state index in [0.29, 0.717) is 28.7 Å². The van der Waals surface area contributed by atoms with Gasteiger partial charge in [0.2, 0.25) is 0 Å². The molecule has 0 aromatic carbocycles. The molecule has 5 rings (SSSR count). The van der Waals surface area contributed by atoms with Gasteiger partial charge in [-0.25, -0.2) is 23.9 Å². The number of rotatable bonds is 10. The van der Waals surface area contributed by atoms with E-state index in [1.54, 1.807) is 25.3 Å². The van der Waals surface area contributed by atoms with E-state index in [4.69, 9.17) is 0 Å². The monoisotopic (exact) mass is 541 g/mol. The predicted octanol–water partition coefficient (Wildman–Crippen LogP) is 4.34. The van der Waals surface area contributed by atoms with Gasteiger partial charge in [0.1, 0.15) is 18.3 Å². The molecule has 2 aliphatic carbocycles. The first-order valence-electron chi connectivity index (χ1n) is 13.2. The number of aromatic nitrogens is 4. The van der Waals surface area contributed by atoms with Gasteiger partial charge in [0, 0.05) is 36.6 Å². The Morgan fingerprint density at radius 1 is 1.13 bits per heavy atom. The molecule has 39 heavy (non-hydrogen) atoms. The summed E-state index contributed by atoms with van der Waals surface area (Å²) in [5.41, 5.74) is 2.47. The molecule has 2 aliphatic rings. The van der Waals surface area contributed by atoms with Crippen LogP contribution in [0, 0.1) is 37.5 Å². The Kier molecular flexibility index (Phi) is 7.17. The van der Waals surface area contributed by atoms with Gasteiger partial charge in [-0.05, 0) is 81.0 Å². The van der Waals surface area contributed by atoms with Gasteiger partial charge in [0.25, 0.3) is 23.6 Å². The number of halogens is 3. The highest BCUT2D eigenvalue weighted by molar-refractivity contribution is 6.00. The van der Waals surface area contributed by atoms with Crippen molar-refractivity contribution in [3.05, 3.63) is 59.6 Å². The molecule has 3 aromatic heterocycles. The predicted molar refractivity (Wildman–Crippen MR) is 137 cm³/mol. The van der Waals surface area contributed by atoms with Crippen molar-refractivity contribution in [3.63, 3.8) is 0 Å². The van der Waals surface area contributed by atoms with E-state index in [2.05, 4.69) is 25.7 Å². The van der Waals surface area contributed by atoms with Crippen molar-refractivity contribution in [2.75, 3.05) is 5.32 Å². The fourth-order valence-electron chi connectivity index (χ4n) is 5.23. The summed E-state index contributed by atoms with van der Waals surface area (Å²) in [5, 5.41) is 9.39. The van der Waals surface area contributed by atoms with Crippen LogP contribution < -0.4 is 15.6 Å². The number of nitrogens with zero attached hydrogens (tertiary/aromatic N) is 3. The van der Waals surface area contributed by atoms with Crippen LogP contribution >= 0.6 is 0 Å². The number of aromatic amines is 1. The van der Waals surface area contributed by atoms with Crippen LogP contribution in [0.5, 0.6) is 0 Å². The van der Waals surface area contributed by atoms with Crippen LogP contribution in [0.25, 0.3) is 11.1 Å². The SMILES string of the molecule is Cc1cnc(C)c(-c2ccc(NC(=O)[C@@H](NC(=O)c3ccnn3CC(C)(F)F)C(C3CC3)C3CC3)[nH+]c2F)c1. The van der Waals surface area contributed by atoms with E-state index in [0.717, 1.165) is 42.9 Å². The fourth-order valence-corrected chi connectivity index (χ4v) is 5.23. The van der Waals surface area contributed by atoms with Gasteiger partial charge in [0.15, 0.2) is 0 Å². The average molecular weight is 542 g/mol. The van der Waals surface area contributed by atoms with E-state index in [1.165, 1.54) is 12.3 Å². The van der Waals surface area contributed by atoms with Gasteiger partial charge >= 0.3 is 5.91 Å². The van der Waals surface area contributed by atoms with Crippen LogP contribution in [0.1, 0.15) is 54.4 Å². The van der Waals surface area contributed by atoms with E-state index in [-0.39, 0.29) is 17.4 Å². The third-order valence-electron chi connectivity index (χ3n) is 7.33. The summed E-state index contributed by atoms with van der Waals surface area (Å²) in [6, 6.07) is 5.42. The lowest BCUT2D eigenvalue weighted by molar-refractivity contribution is -0.404. The maximum absolute atomic E-state index is 15.1. The Hall–Kier alpha value is -3.76. The summed E-state index contributed by atoms with van der Waals surface area (Å²) >= 11 is 0. The number of H-pyrrole nitrogens is 1. The molecule has 206 valence electrons. The molecule has 11 heteroatoms. The van der Waals surface area contributed by atoms with Gasteiger partial charge in [0.05, 0.1) is 5.56 Å². The van der Waals surface area contributed by atoms with E-state index < -0.39 is 36.3 Å². The lowest BCUT2D eigenvalue weighted by Crippen LogP contribution is -2.51. The normalized spacial score (nSPS) is 16.3. The molecular formula is C28H32F3N6O2+. The first-order chi connectivity index (χ1) is 18.5. The van der Waals surface area contributed by atoms with Gasteiger partial charge in [-0.1, -0.05) is 0 Å². The minimum atomic E-state index is -3.07. The molecular weight excluding hydrogens is 509 g/mol. The number of hydrogen-bond acceptors (Lipinski definition) is 4. The number of hydrogen-bond donors (Lipinski definition) is 2. The van der Waals surface area contributed by atoms with Crippen molar-refractivity contribution in [3.8, 4) is 11.1 Å². The van der Waals surface area contributed by atoms with Gasteiger partial charge < -0.3 is 5.32 Å². The number of carbonyl (C=O) groups is 2. The Balaban J connectivity index is 1.38. The zero-order valence-corrected chi connectivity index (χ0v) is 22.1. The summed E-state index contributed by atoms with van der Waals surface area (Å²) < 4.78 is 43.3. The van der Waals surface area contributed by atoms with Gasteiger partial charge in [-0.3, -0.25) is 14.5 Å². The minimum absolute atomic E-state index is 0.0521. The second-order valence-electron chi connectivity index (χ2n) is 10.9. The van der Waals surface area contributed by atoms with Gasteiger partial charge in [-0.2, -0.15) is 9.49 Å². The molecule has 1 atom stereocenters. The molecule has 0 bridgehead atoms. The van der Waals surface area contributed by atoms with Crippen molar-refractivity contribution in [1.29, 1.82) is 0 Å². The molecule has 3 heterocycles. The maximum atomic E-state index is 15.1. The maximum Gasteiger partial charge on any atom is 0.330 e. The smallest absolute Gasteiger partial charge is 0.330 e. The van der Waals surface area contributed by atoms with Crippen LogP contribution in [-0.4, -0.2) is 38.5 Å². The molecule has 2 saturated carbocycles. The largest absolute Gasteiger partial charge is 0.337 e. The number of anilines is 1. The van der Waals surface area contributed by atoms with E-state index >= 15 is 4.39 Å². The molecule has 0 radical (unpaired) electrons. The molecule has 0 spiro atoms. The first kappa shape index (κ1) is 26.8. The second-order valence-corrected chi connectivity index (χ2v) is 10.9. The van der Waals surface area contributed by atoms with Crippen LogP contribution in [0.3, 0.4) is 0 Å². The highest BCUT2D eigenvalue weighted by Gasteiger charge is 2.49. The fraction of sp³-hybridized carbons (Fsp3) is 0.464. The Labute approximate surface area is 224 Å². The second kappa shape index (κ2) is 10.4. The highest BCUT2D eigenvalue weighted by Crippen LogP contribution is 2.51. The summed E-state index contributed by atoms with van der Waals surface area (Å²) in [6.45, 7) is 3.66. The lowest BCUT2D eigenvalue weighted by atomic mass is 9.88. The van der Waals surface area contributed by atoms with Crippen LogP contribution in [0.2, 0.25) is 0 Å². The molecule has 3 aromatic rings. The minimum Gasteiger partial charge on any atom is -0.337 e. The van der Waals surface area contributed by atoms with Crippen molar-refractivity contribution >= 4 is 17.6 Å². The van der Waals surface area contributed by atoms with Crippen molar-refractivity contribution in [1.82, 2.24) is 20.1 Å². The number of aryl methyl sites for hydroxylation is 2. The molecule has 2 amide bonds. The van der Waals surface area contributed by atoms with Gasteiger partial charge in [-0.15, -0.1) is 0 Å². The standard InChI is InChI=1S/C28H31F3N6O2/c1-15-12-20(16(2)32-13-15)19-8-9-22(34-25(19)29)35-27(39)24(23(17-4-5-17)18-6-7-18)36-26(38)21-10-11-33-37(21)14-28(3,30)31/h8-13,17-18,23-24H,4-7,14H2,1-3H3,(H,36,38)(H,34,35,39)/p+1/t24-/m0/s1. The molecule has 3 N–H and O–H groups in total. The molecule has 0 saturated heterocycles. The quantitative estimate of drug-likeness (QED) is 0.373. The van der Waals surface area contributed by atoms with Crippen molar-refractivity contribution in [2.45, 2.75) is 65.0 Å². The summed E-state index contributed by atoms with van der Waals surface area (Å²) in [6.07, 6.45) is 6.82. The Morgan fingerprint density at radius 3 is 2.44 bits per heavy atom. The summed E-state index contributed by atoms with van der Waals surface area (Å²) in [4.78, 5) is 33.7. The Morgan fingerprint density at radius 2 is 1.82 bits per heavy atom. The summed E-state index contributed by atoms with van der Waals surface area (Å²) in [7, 11) is 0. The molecule has 0 unspecified atom stereocenters. The molecule has 2 fully saturated rings. The van der Waals surface area contributed by atoms with Crippen LogP contribution in [0.15, 0.2) is 36.7 Å². The van der Waals surface area contributed by atoms with Crippen molar-refractivity contribution < 1.29 is 27.7 Å².